The summed E-state index contributed by atoms with van der Waals surface area (Å²) >= 11 is 0. The number of nitrogens with one attached hydrogen (secondary N) is 2. The number of pyridine rings is 2. The summed E-state index contributed by atoms with van der Waals surface area (Å²) in [6.45, 7) is 0.984. The smallest absolute Gasteiger partial charge is 0.165 e. The lowest BCUT2D eigenvalue weighted by atomic mass is 9.91. The Labute approximate surface area is 193 Å². The van der Waals surface area contributed by atoms with Crippen LogP contribution in [0.1, 0.15) is 50.1 Å². The molecular formula is C25H31FN6O. The van der Waals surface area contributed by atoms with Gasteiger partial charge in [0.25, 0.3) is 0 Å². The molecule has 0 amide bonds. The number of likely N-dealkylation sites (tertiary alicyclic amines) is 1. The van der Waals surface area contributed by atoms with Gasteiger partial charge in [-0.1, -0.05) is 12.8 Å². The van der Waals surface area contributed by atoms with Gasteiger partial charge in [-0.05, 0) is 63.5 Å². The number of nitrogens with zero attached hydrogens (tertiary/aromatic N) is 3. The van der Waals surface area contributed by atoms with Crippen molar-refractivity contribution in [3.63, 3.8) is 0 Å². The summed E-state index contributed by atoms with van der Waals surface area (Å²) in [6, 6.07) is 7.47. The van der Waals surface area contributed by atoms with E-state index in [0.717, 1.165) is 67.6 Å². The largest absolute Gasteiger partial charge is 0.464 e. The third-order valence-corrected chi connectivity index (χ3v) is 6.83. The topological polar surface area (TPSA) is 92.2 Å². The summed E-state index contributed by atoms with van der Waals surface area (Å²) in [7, 11) is 2.08. The van der Waals surface area contributed by atoms with Gasteiger partial charge < -0.3 is 20.8 Å². The Morgan fingerprint density at radius 3 is 2.76 bits per heavy atom. The van der Waals surface area contributed by atoms with Crippen LogP contribution < -0.4 is 16.4 Å². The van der Waals surface area contributed by atoms with E-state index < -0.39 is 0 Å². The molecule has 8 heteroatoms. The Morgan fingerprint density at radius 2 is 2.00 bits per heavy atom. The first-order valence-electron chi connectivity index (χ1n) is 11.8. The maximum absolute atomic E-state index is 15.2. The van der Waals surface area contributed by atoms with E-state index in [1.165, 1.54) is 0 Å². The van der Waals surface area contributed by atoms with Crippen LogP contribution in [0, 0.1) is 5.82 Å². The van der Waals surface area contributed by atoms with Gasteiger partial charge in [0.05, 0.1) is 18.1 Å². The van der Waals surface area contributed by atoms with Gasteiger partial charge in [0.2, 0.25) is 0 Å². The van der Waals surface area contributed by atoms with Crippen molar-refractivity contribution in [3.8, 4) is 11.3 Å². The highest BCUT2D eigenvalue weighted by molar-refractivity contribution is 5.68. The van der Waals surface area contributed by atoms with Crippen LogP contribution in [0.3, 0.4) is 0 Å². The summed E-state index contributed by atoms with van der Waals surface area (Å²) in [6.07, 6.45) is 11.3. The molecule has 3 aromatic rings. The molecular weight excluding hydrogens is 419 g/mol. The van der Waals surface area contributed by atoms with Crippen LogP contribution in [-0.4, -0.2) is 40.5 Å². The first-order chi connectivity index (χ1) is 16.1. The molecule has 3 atom stereocenters. The Hall–Kier alpha value is -2.97. The van der Waals surface area contributed by atoms with Crippen LogP contribution in [0.4, 0.5) is 21.7 Å². The first-order valence-corrected chi connectivity index (χ1v) is 11.8. The van der Waals surface area contributed by atoms with Crippen LogP contribution in [0.2, 0.25) is 0 Å². The van der Waals surface area contributed by atoms with Gasteiger partial charge in [0.15, 0.2) is 11.6 Å². The number of anilines is 3. The molecule has 5 rings (SSSR count). The molecule has 3 aromatic heterocycles. The van der Waals surface area contributed by atoms with Crippen molar-refractivity contribution in [1.29, 1.82) is 0 Å². The minimum Gasteiger partial charge on any atom is -0.464 e. The zero-order chi connectivity index (χ0) is 22.8. The average molecular weight is 451 g/mol. The van der Waals surface area contributed by atoms with Crippen LogP contribution in [0.5, 0.6) is 0 Å². The van der Waals surface area contributed by atoms with Crippen molar-refractivity contribution in [1.82, 2.24) is 14.9 Å². The molecule has 2 aliphatic rings. The highest BCUT2D eigenvalue weighted by Gasteiger charge is 2.29. The van der Waals surface area contributed by atoms with Crippen LogP contribution in [-0.2, 0) is 0 Å². The SMILES string of the molecule is CN1CCCC1c1cc(F)c(NC2CCCCC2N)nc1Nc1cncc(-c2ccco2)c1. The number of hydrogen-bond acceptors (Lipinski definition) is 7. The van der Waals surface area contributed by atoms with Crippen molar-refractivity contribution < 1.29 is 8.81 Å². The number of hydrogen-bond donors (Lipinski definition) is 3. The van der Waals surface area contributed by atoms with Gasteiger partial charge in [0, 0.05) is 35.4 Å². The average Bonchev–Trinajstić information content (AvgIpc) is 3.50. The van der Waals surface area contributed by atoms with Crippen molar-refractivity contribution in [3.05, 3.63) is 54.3 Å². The molecule has 1 aliphatic heterocycles. The Bertz CT molecular complexity index is 1090. The van der Waals surface area contributed by atoms with E-state index in [1.807, 2.05) is 18.2 Å². The van der Waals surface area contributed by atoms with Crippen molar-refractivity contribution in [2.45, 2.75) is 56.7 Å². The summed E-state index contributed by atoms with van der Waals surface area (Å²) < 4.78 is 20.8. The molecule has 33 heavy (non-hydrogen) atoms. The number of rotatable bonds is 6. The second-order valence-corrected chi connectivity index (χ2v) is 9.16. The van der Waals surface area contributed by atoms with Gasteiger partial charge in [-0.15, -0.1) is 0 Å². The Balaban J connectivity index is 1.49. The van der Waals surface area contributed by atoms with E-state index in [4.69, 9.17) is 15.1 Å². The third-order valence-electron chi connectivity index (χ3n) is 6.83. The molecule has 3 unspecified atom stereocenters. The summed E-state index contributed by atoms with van der Waals surface area (Å²) in [5.74, 6) is 1.29. The van der Waals surface area contributed by atoms with Gasteiger partial charge >= 0.3 is 0 Å². The van der Waals surface area contributed by atoms with E-state index in [0.29, 0.717) is 5.82 Å². The maximum Gasteiger partial charge on any atom is 0.165 e. The van der Waals surface area contributed by atoms with E-state index in [2.05, 4.69) is 27.6 Å². The number of aromatic nitrogens is 2. The van der Waals surface area contributed by atoms with Gasteiger partial charge in [-0.3, -0.25) is 9.88 Å². The lowest BCUT2D eigenvalue weighted by molar-refractivity contribution is 0.317. The molecule has 0 radical (unpaired) electrons. The second-order valence-electron chi connectivity index (χ2n) is 9.16. The Kier molecular flexibility index (Phi) is 6.28. The van der Waals surface area contributed by atoms with Crippen molar-refractivity contribution in [2.75, 3.05) is 24.2 Å². The Morgan fingerprint density at radius 1 is 1.12 bits per heavy atom. The molecule has 7 nitrogen and oxygen atoms in total. The molecule has 1 aliphatic carbocycles. The monoisotopic (exact) mass is 450 g/mol. The molecule has 0 spiro atoms. The summed E-state index contributed by atoms with van der Waals surface area (Å²) in [5, 5.41) is 6.70. The predicted molar refractivity (Wildman–Crippen MR) is 128 cm³/mol. The van der Waals surface area contributed by atoms with E-state index in [1.54, 1.807) is 24.7 Å². The molecule has 2 fully saturated rings. The number of halogens is 1. The number of nitrogens with two attached hydrogens (primary N) is 1. The molecule has 1 saturated heterocycles. The fourth-order valence-corrected chi connectivity index (χ4v) is 5.00. The molecule has 0 aromatic carbocycles. The van der Waals surface area contributed by atoms with Gasteiger partial charge in [-0.25, -0.2) is 9.37 Å². The number of furan rings is 1. The minimum absolute atomic E-state index is 0.00572. The van der Waals surface area contributed by atoms with E-state index in [-0.39, 0.29) is 29.8 Å². The minimum atomic E-state index is -0.337. The molecule has 1 saturated carbocycles. The second kappa shape index (κ2) is 9.49. The normalized spacial score (nSPS) is 23.5. The maximum atomic E-state index is 15.2. The zero-order valence-electron chi connectivity index (χ0n) is 18.9. The highest BCUT2D eigenvalue weighted by Crippen LogP contribution is 2.37. The van der Waals surface area contributed by atoms with Crippen LogP contribution in [0.25, 0.3) is 11.3 Å². The van der Waals surface area contributed by atoms with Crippen molar-refractivity contribution in [2.24, 2.45) is 5.73 Å². The fraction of sp³-hybridized carbons (Fsp3) is 0.440. The van der Waals surface area contributed by atoms with Crippen LogP contribution >= 0.6 is 0 Å². The summed E-state index contributed by atoms with van der Waals surface area (Å²) in [5.41, 5.74) is 8.78. The third kappa shape index (κ3) is 4.72. The first kappa shape index (κ1) is 21.9. The molecule has 4 N–H and O–H groups in total. The molecule has 4 heterocycles. The summed E-state index contributed by atoms with van der Waals surface area (Å²) in [4.78, 5) is 11.3. The van der Waals surface area contributed by atoms with Crippen molar-refractivity contribution >= 4 is 17.3 Å². The van der Waals surface area contributed by atoms with Gasteiger partial charge in [-0.2, -0.15) is 0 Å². The standard InChI is InChI=1S/C25H31FN6O/c1-32-10-4-8-22(32)18-13-19(26)25(30-21-7-3-2-6-20(21)27)31-24(18)29-17-12-16(14-28-15-17)23-9-5-11-33-23/h5,9,11-15,20-22H,2-4,6-8,10,27H2,1H3,(H2,29,30,31). The van der Waals surface area contributed by atoms with E-state index >= 15 is 4.39 Å². The van der Waals surface area contributed by atoms with Gasteiger partial charge in [0.1, 0.15) is 11.6 Å². The predicted octanol–water partition coefficient (Wildman–Crippen LogP) is 5.07. The van der Waals surface area contributed by atoms with E-state index in [9.17, 15) is 0 Å². The molecule has 174 valence electrons. The lowest BCUT2D eigenvalue weighted by Gasteiger charge is -2.30. The zero-order valence-corrected chi connectivity index (χ0v) is 18.9. The highest BCUT2D eigenvalue weighted by atomic mass is 19.1. The fourth-order valence-electron chi connectivity index (χ4n) is 5.00. The quantitative estimate of drug-likeness (QED) is 0.483. The van der Waals surface area contributed by atoms with Crippen LogP contribution in [0.15, 0.2) is 47.3 Å². The molecule has 0 bridgehead atoms. The lowest BCUT2D eigenvalue weighted by Crippen LogP contribution is -2.43.